The molecule has 7 nitrogen and oxygen atoms in total. The average Bonchev–Trinajstić information content (AvgIpc) is 3.24. The molecule has 1 aliphatic heterocycles. The number of fused-ring (bicyclic) bond motifs is 2. The maximum Gasteiger partial charge on any atom is 0.410 e. The van der Waals surface area contributed by atoms with Crippen LogP contribution in [0.2, 0.25) is 5.02 Å². The minimum Gasteiger partial charge on any atom is -0.497 e. The third-order valence-corrected chi connectivity index (χ3v) is 7.15. The molecule has 3 heterocycles. The van der Waals surface area contributed by atoms with Crippen molar-refractivity contribution in [1.29, 1.82) is 0 Å². The third kappa shape index (κ3) is 4.73. The normalized spacial score (nSPS) is 14.5. The Kier molecular flexibility index (Phi) is 6.19. The van der Waals surface area contributed by atoms with Crippen LogP contribution in [0, 0.1) is 0 Å². The molecule has 0 radical (unpaired) electrons. The van der Waals surface area contributed by atoms with Crippen molar-refractivity contribution >= 4 is 56.0 Å². The number of hydrogen-bond donors (Lipinski definition) is 0. The number of anilines is 1. The van der Waals surface area contributed by atoms with Gasteiger partial charge in [0.2, 0.25) is 0 Å². The van der Waals surface area contributed by atoms with Crippen molar-refractivity contribution in [2.45, 2.75) is 26.4 Å². The predicted octanol–water partition coefficient (Wildman–Crippen LogP) is 6.23. The van der Waals surface area contributed by atoms with Gasteiger partial charge in [0, 0.05) is 31.7 Å². The summed E-state index contributed by atoms with van der Waals surface area (Å²) in [5.41, 5.74) is 1.75. The van der Waals surface area contributed by atoms with Gasteiger partial charge in [0.15, 0.2) is 5.65 Å². The number of aromatic nitrogens is 2. The molecule has 9 heteroatoms. The fraction of sp³-hybridized carbons (Fsp3) is 0.346. The molecular formula is C26H27ClN4O3S. The van der Waals surface area contributed by atoms with Crippen molar-refractivity contribution in [3.8, 4) is 17.0 Å². The summed E-state index contributed by atoms with van der Waals surface area (Å²) in [6.07, 6.45) is -0.272. The lowest BCUT2D eigenvalue weighted by atomic mass is 10.0. The SMILES string of the molecule is COc1cc(-c2nc3nsc(N4CCN(C(=O)OC(C)(C)C)CC4)c3cc2Cl)c2ccccc2c1. The van der Waals surface area contributed by atoms with Gasteiger partial charge in [-0.05, 0) is 61.3 Å². The predicted molar refractivity (Wildman–Crippen MR) is 142 cm³/mol. The van der Waals surface area contributed by atoms with E-state index in [1.807, 2.05) is 57.2 Å². The Morgan fingerprint density at radius 2 is 1.80 bits per heavy atom. The van der Waals surface area contributed by atoms with E-state index in [2.05, 4.69) is 15.3 Å². The summed E-state index contributed by atoms with van der Waals surface area (Å²) in [4.78, 5) is 21.3. The molecule has 0 unspecified atom stereocenters. The second-order valence-electron chi connectivity index (χ2n) is 9.53. The van der Waals surface area contributed by atoms with Crippen molar-refractivity contribution < 1.29 is 14.3 Å². The zero-order valence-electron chi connectivity index (χ0n) is 20.2. The van der Waals surface area contributed by atoms with E-state index in [-0.39, 0.29) is 6.09 Å². The lowest BCUT2D eigenvalue weighted by Gasteiger charge is -2.36. The Morgan fingerprint density at radius 1 is 1.06 bits per heavy atom. The Labute approximate surface area is 213 Å². The van der Waals surface area contributed by atoms with E-state index in [0.717, 1.165) is 32.5 Å². The van der Waals surface area contributed by atoms with Crippen molar-refractivity contribution in [2.75, 3.05) is 38.2 Å². The van der Waals surface area contributed by atoms with Gasteiger partial charge in [0.05, 0.1) is 23.2 Å². The molecule has 0 N–H and O–H groups in total. The summed E-state index contributed by atoms with van der Waals surface area (Å²) in [6, 6.07) is 14.0. The average molecular weight is 511 g/mol. The second-order valence-corrected chi connectivity index (χ2v) is 10.7. The number of benzene rings is 2. The second kappa shape index (κ2) is 9.17. The molecule has 182 valence electrons. The number of halogens is 1. The number of piperazine rings is 1. The van der Waals surface area contributed by atoms with Crippen LogP contribution in [0.4, 0.5) is 9.80 Å². The molecule has 0 saturated carbocycles. The summed E-state index contributed by atoms with van der Waals surface area (Å²) in [5, 5.41) is 4.60. The fourth-order valence-corrected chi connectivity index (χ4v) is 5.39. The van der Waals surface area contributed by atoms with Gasteiger partial charge >= 0.3 is 6.09 Å². The number of rotatable bonds is 3. The smallest absolute Gasteiger partial charge is 0.410 e. The molecule has 1 fully saturated rings. The molecule has 1 saturated heterocycles. The van der Waals surface area contributed by atoms with E-state index in [4.69, 9.17) is 26.1 Å². The van der Waals surface area contributed by atoms with Crippen LogP contribution in [0.1, 0.15) is 20.8 Å². The van der Waals surface area contributed by atoms with Gasteiger partial charge < -0.3 is 19.3 Å². The van der Waals surface area contributed by atoms with Gasteiger partial charge in [0.1, 0.15) is 16.4 Å². The van der Waals surface area contributed by atoms with Crippen LogP contribution >= 0.6 is 23.1 Å². The van der Waals surface area contributed by atoms with E-state index in [0.29, 0.717) is 42.5 Å². The molecule has 0 aliphatic carbocycles. The van der Waals surface area contributed by atoms with Gasteiger partial charge in [0.25, 0.3) is 0 Å². The Morgan fingerprint density at radius 3 is 2.51 bits per heavy atom. The Hall–Kier alpha value is -3.10. The first-order valence-electron chi connectivity index (χ1n) is 11.5. The lowest BCUT2D eigenvalue weighted by Crippen LogP contribution is -2.50. The highest BCUT2D eigenvalue weighted by Gasteiger charge is 2.28. The lowest BCUT2D eigenvalue weighted by molar-refractivity contribution is 0.0241. The summed E-state index contributed by atoms with van der Waals surface area (Å²) in [7, 11) is 1.65. The van der Waals surface area contributed by atoms with E-state index in [1.165, 1.54) is 11.5 Å². The maximum absolute atomic E-state index is 12.4. The van der Waals surface area contributed by atoms with Gasteiger partial charge in [-0.2, -0.15) is 4.37 Å². The number of carbonyl (C=O) groups is 1. The molecule has 2 aromatic heterocycles. The molecule has 0 atom stereocenters. The molecule has 0 spiro atoms. The van der Waals surface area contributed by atoms with Crippen molar-refractivity contribution in [3.05, 3.63) is 47.5 Å². The van der Waals surface area contributed by atoms with Crippen LogP contribution < -0.4 is 9.64 Å². The highest BCUT2D eigenvalue weighted by molar-refractivity contribution is 7.11. The Balaban J connectivity index is 1.44. The Bertz CT molecular complexity index is 1410. The first-order chi connectivity index (χ1) is 16.7. The van der Waals surface area contributed by atoms with Crippen LogP contribution in [-0.2, 0) is 4.74 Å². The van der Waals surface area contributed by atoms with Crippen molar-refractivity contribution in [1.82, 2.24) is 14.3 Å². The molecule has 2 aromatic carbocycles. The van der Waals surface area contributed by atoms with Gasteiger partial charge in [-0.3, -0.25) is 0 Å². The number of pyridine rings is 1. The van der Waals surface area contributed by atoms with E-state index >= 15 is 0 Å². The molecule has 1 amide bonds. The van der Waals surface area contributed by atoms with E-state index in [1.54, 1.807) is 12.0 Å². The van der Waals surface area contributed by atoms with Gasteiger partial charge in [-0.25, -0.2) is 9.78 Å². The van der Waals surface area contributed by atoms with Crippen molar-refractivity contribution in [3.63, 3.8) is 0 Å². The van der Waals surface area contributed by atoms with E-state index < -0.39 is 5.60 Å². The summed E-state index contributed by atoms with van der Waals surface area (Å²) in [5.74, 6) is 0.749. The number of methoxy groups -OCH3 is 1. The highest BCUT2D eigenvalue weighted by atomic mass is 35.5. The van der Waals surface area contributed by atoms with Crippen molar-refractivity contribution in [2.24, 2.45) is 0 Å². The van der Waals surface area contributed by atoms with Gasteiger partial charge in [-0.15, -0.1) is 0 Å². The molecule has 35 heavy (non-hydrogen) atoms. The van der Waals surface area contributed by atoms with E-state index in [9.17, 15) is 4.79 Å². The highest BCUT2D eigenvalue weighted by Crippen LogP contribution is 2.40. The van der Waals surface area contributed by atoms with Crippen LogP contribution in [0.25, 0.3) is 33.1 Å². The number of hydrogen-bond acceptors (Lipinski definition) is 7. The number of ether oxygens (including phenoxy) is 2. The summed E-state index contributed by atoms with van der Waals surface area (Å²) in [6.45, 7) is 8.19. The number of carbonyl (C=O) groups excluding carboxylic acids is 1. The first kappa shape index (κ1) is 23.6. The topological polar surface area (TPSA) is 67.8 Å². The zero-order valence-corrected chi connectivity index (χ0v) is 21.7. The number of amides is 1. The molecule has 1 aliphatic rings. The largest absolute Gasteiger partial charge is 0.497 e. The minimum absolute atomic E-state index is 0.272. The standard InChI is InChI=1S/C26H27ClN4O3S/c1-26(2,3)34-25(32)31-11-9-30(10-12-31)24-20-15-21(27)22(28-23(20)29-35-24)19-14-17(33-4)13-16-7-5-6-8-18(16)19/h5-8,13-15H,9-12H2,1-4H3. The minimum atomic E-state index is -0.504. The van der Waals surface area contributed by atoms with Crippen LogP contribution in [0.3, 0.4) is 0 Å². The maximum atomic E-state index is 12.4. The first-order valence-corrected chi connectivity index (χ1v) is 12.6. The third-order valence-electron chi connectivity index (χ3n) is 5.95. The summed E-state index contributed by atoms with van der Waals surface area (Å²) >= 11 is 8.22. The quantitative estimate of drug-likeness (QED) is 0.325. The van der Waals surface area contributed by atoms with Gasteiger partial charge in [-0.1, -0.05) is 35.9 Å². The molecule has 0 bridgehead atoms. The monoisotopic (exact) mass is 510 g/mol. The zero-order chi connectivity index (χ0) is 24.7. The van der Waals surface area contributed by atoms with Crippen LogP contribution in [0.15, 0.2) is 42.5 Å². The molecular weight excluding hydrogens is 484 g/mol. The fourth-order valence-electron chi connectivity index (χ4n) is 4.27. The number of nitrogens with zero attached hydrogens (tertiary/aromatic N) is 4. The summed E-state index contributed by atoms with van der Waals surface area (Å²) < 4.78 is 15.7. The molecule has 4 aromatic rings. The van der Waals surface area contributed by atoms with Crippen LogP contribution in [0.5, 0.6) is 5.75 Å². The van der Waals surface area contributed by atoms with Crippen LogP contribution in [-0.4, -0.2) is 59.2 Å². The molecule has 5 rings (SSSR count).